The van der Waals surface area contributed by atoms with Crippen LogP contribution in [-0.2, 0) is 0 Å². The third-order valence-electron chi connectivity index (χ3n) is 5.61. The molecule has 0 bridgehead atoms. The highest BCUT2D eigenvalue weighted by Crippen LogP contribution is 2.27. The molecule has 0 aliphatic carbocycles. The lowest BCUT2D eigenvalue weighted by molar-refractivity contribution is -0.0731. The third kappa shape index (κ3) is 6.42. The van der Waals surface area contributed by atoms with Gasteiger partial charge in [-0.3, -0.25) is 9.69 Å². The van der Waals surface area contributed by atoms with Crippen molar-refractivity contribution in [1.29, 1.82) is 0 Å². The predicted molar refractivity (Wildman–Crippen MR) is 107 cm³/mol. The van der Waals surface area contributed by atoms with Crippen molar-refractivity contribution >= 4 is 5.91 Å². The van der Waals surface area contributed by atoms with E-state index in [1.54, 1.807) is 20.0 Å². The Morgan fingerprint density at radius 2 is 1.97 bits per heavy atom. The molecule has 0 saturated carbocycles. The number of nitrogens with zero attached hydrogens (tertiary/aromatic N) is 2. The fourth-order valence-corrected chi connectivity index (χ4v) is 3.96. The van der Waals surface area contributed by atoms with Crippen LogP contribution in [0, 0.1) is 12.7 Å². The molecule has 1 heterocycles. The van der Waals surface area contributed by atoms with Crippen LogP contribution in [0.15, 0.2) is 18.2 Å². The average molecular weight is 416 g/mol. The van der Waals surface area contributed by atoms with Crippen LogP contribution in [0.25, 0.3) is 0 Å². The SMILES string of the molecule is Cc1ccc(F)cc1C(=O)NC1(CN(C)CC(F)(F)CO)CCN(C(C)C)CC1. The number of alkyl halides is 2. The number of benzene rings is 1. The van der Waals surface area contributed by atoms with E-state index < -0.39 is 36.3 Å². The van der Waals surface area contributed by atoms with E-state index in [4.69, 9.17) is 5.11 Å². The molecule has 0 spiro atoms. The van der Waals surface area contributed by atoms with Gasteiger partial charge in [-0.1, -0.05) is 6.07 Å². The second kappa shape index (κ2) is 9.45. The molecular weight excluding hydrogens is 383 g/mol. The second-order valence-corrected chi connectivity index (χ2v) is 8.51. The Morgan fingerprint density at radius 3 is 2.52 bits per heavy atom. The van der Waals surface area contributed by atoms with E-state index >= 15 is 0 Å². The van der Waals surface area contributed by atoms with Gasteiger partial charge in [0.25, 0.3) is 11.8 Å². The summed E-state index contributed by atoms with van der Waals surface area (Å²) < 4.78 is 40.9. The molecule has 0 aromatic heterocycles. The Morgan fingerprint density at radius 1 is 1.34 bits per heavy atom. The van der Waals surface area contributed by atoms with Crippen LogP contribution in [0.4, 0.5) is 13.2 Å². The van der Waals surface area contributed by atoms with Gasteiger partial charge < -0.3 is 15.3 Å². The first-order valence-corrected chi connectivity index (χ1v) is 9.97. The maximum absolute atomic E-state index is 13.7. The van der Waals surface area contributed by atoms with Gasteiger partial charge in [-0.05, 0) is 58.4 Å². The van der Waals surface area contributed by atoms with E-state index in [-0.39, 0.29) is 12.1 Å². The summed E-state index contributed by atoms with van der Waals surface area (Å²) in [6.07, 6.45) is 1.20. The first kappa shape index (κ1) is 23.6. The molecule has 0 unspecified atom stereocenters. The van der Waals surface area contributed by atoms with Gasteiger partial charge in [-0.15, -0.1) is 0 Å². The van der Waals surface area contributed by atoms with Gasteiger partial charge in [0.05, 0.1) is 12.1 Å². The Balaban J connectivity index is 2.21. The lowest BCUT2D eigenvalue weighted by atomic mass is 9.85. The van der Waals surface area contributed by atoms with Gasteiger partial charge in [-0.25, -0.2) is 13.2 Å². The molecule has 8 heteroatoms. The minimum absolute atomic E-state index is 0.217. The summed E-state index contributed by atoms with van der Waals surface area (Å²) in [6.45, 7) is 5.76. The number of carbonyl (C=O) groups excluding carboxylic acids is 1. The number of nitrogens with one attached hydrogen (secondary N) is 1. The van der Waals surface area contributed by atoms with Crippen molar-refractivity contribution in [3.63, 3.8) is 0 Å². The second-order valence-electron chi connectivity index (χ2n) is 8.51. The minimum atomic E-state index is -3.21. The van der Waals surface area contributed by atoms with E-state index in [9.17, 15) is 18.0 Å². The Bertz CT molecular complexity index is 704. The fraction of sp³-hybridized carbons (Fsp3) is 0.667. The number of likely N-dealkylation sites (tertiary alicyclic amines) is 1. The first-order chi connectivity index (χ1) is 13.5. The number of carbonyl (C=O) groups is 1. The van der Waals surface area contributed by atoms with E-state index in [2.05, 4.69) is 24.1 Å². The molecule has 0 radical (unpaired) electrons. The van der Waals surface area contributed by atoms with Crippen LogP contribution in [0.2, 0.25) is 0 Å². The van der Waals surface area contributed by atoms with Crippen LogP contribution in [0.1, 0.15) is 42.6 Å². The van der Waals surface area contributed by atoms with Gasteiger partial charge in [-0.2, -0.15) is 0 Å². The third-order valence-corrected chi connectivity index (χ3v) is 5.61. The number of aliphatic hydroxyl groups excluding tert-OH is 1. The molecule has 1 aliphatic rings. The number of rotatable bonds is 8. The van der Waals surface area contributed by atoms with Crippen molar-refractivity contribution in [3.8, 4) is 0 Å². The Kier molecular flexibility index (Phi) is 7.70. The number of halogens is 3. The summed E-state index contributed by atoms with van der Waals surface area (Å²) in [4.78, 5) is 16.7. The molecule has 2 rings (SSSR count). The van der Waals surface area contributed by atoms with Crippen molar-refractivity contribution in [2.45, 2.75) is 51.1 Å². The van der Waals surface area contributed by atoms with Crippen molar-refractivity contribution in [2.24, 2.45) is 0 Å². The smallest absolute Gasteiger partial charge is 0.283 e. The van der Waals surface area contributed by atoms with Crippen molar-refractivity contribution in [2.75, 3.05) is 39.8 Å². The zero-order valence-corrected chi connectivity index (χ0v) is 17.6. The summed E-state index contributed by atoms with van der Waals surface area (Å²) in [7, 11) is 1.56. The van der Waals surface area contributed by atoms with Crippen molar-refractivity contribution in [1.82, 2.24) is 15.1 Å². The number of aliphatic hydroxyl groups is 1. The fourth-order valence-electron chi connectivity index (χ4n) is 3.96. The monoisotopic (exact) mass is 415 g/mol. The highest BCUT2D eigenvalue weighted by atomic mass is 19.3. The van der Waals surface area contributed by atoms with Crippen molar-refractivity contribution < 1.29 is 23.1 Å². The number of amides is 1. The minimum Gasteiger partial charge on any atom is -0.390 e. The van der Waals surface area contributed by atoms with Crippen molar-refractivity contribution in [3.05, 3.63) is 35.1 Å². The predicted octanol–water partition coefficient (Wildman–Crippen LogP) is 2.67. The van der Waals surface area contributed by atoms with E-state index in [0.717, 1.165) is 13.1 Å². The number of piperidine rings is 1. The largest absolute Gasteiger partial charge is 0.390 e. The van der Waals surface area contributed by atoms with E-state index in [1.165, 1.54) is 17.0 Å². The highest BCUT2D eigenvalue weighted by Gasteiger charge is 2.40. The molecular formula is C21H32F3N3O2. The lowest BCUT2D eigenvalue weighted by Crippen LogP contribution is -2.61. The molecule has 1 saturated heterocycles. The summed E-state index contributed by atoms with van der Waals surface area (Å²) in [5, 5.41) is 11.9. The Hall–Kier alpha value is -1.64. The highest BCUT2D eigenvalue weighted by molar-refractivity contribution is 5.96. The van der Waals surface area contributed by atoms with E-state index in [0.29, 0.717) is 24.4 Å². The summed E-state index contributed by atoms with van der Waals surface area (Å²) >= 11 is 0. The number of aryl methyl sites for hydroxylation is 1. The molecule has 164 valence electrons. The van der Waals surface area contributed by atoms with Crippen LogP contribution in [0.5, 0.6) is 0 Å². The zero-order chi connectivity index (χ0) is 21.8. The molecule has 1 aromatic rings. The molecule has 2 N–H and O–H groups in total. The summed E-state index contributed by atoms with van der Waals surface area (Å²) in [5.74, 6) is -4.11. The van der Waals surface area contributed by atoms with Gasteiger partial charge in [0.15, 0.2) is 0 Å². The number of hydrogen-bond donors (Lipinski definition) is 2. The van der Waals surface area contributed by atoms with E-state index in [1.807, 2.05) is 0 Å². The maximum atomic E-state index is 13.7. The molecule has 1 aliphatic heterocycles. The average Bonchev–Trinajstić information content (AvgIpc) is 2.63. The lowest BCUT2D eigenvalue weighted by Gasteiger charge is -2.45. The zero-order valence-electron chi connectivity index (χ0n) is 17.6. The quantitative estimate of drug-likeness (QED) is 0.686. The van der Waals surface area contributed by atoms with Crippen LogP contribution in [-0.4, -0.2) is 78.2 Å². The number of hydrogen-bond acceptors (Lipinski definition) is 4. The first-order valence-electron chi connectivity index (χ1n) is 9.97. The van der Waals surface area contributed by atoms with Gasteiger partial charge in [0.2, 0.25) is 0 Å². The summed E-state index contributed by atoms with van der Waals surface area (Å²) in [6, 6.07) is 4.40. The van der Waals surface area contributed by atoms with Crippen LogP contribution in [0.3, 0.4) is 0 Å². The molecule has 1 aromatic carbocycles. The molecule has 1 fully saturated rings. The molecule has 0 atom stereocenters. The molecule has 5 nitrogen and oxygen atoms in total. The normalized spacial score (nSPS) is 17.7. The maximum Gasteiger partial charge on any atom is 0.283 e. The van der Waals surface area contributed by atoms with Gasteiger partial charge in [0, 0.05) is 31.2 Å². The van der Waals surface area contributed by atoms with Gasteiger partial charge >= 0.3 is 0 Å². The standard InChI is InChI=1S/C21H32F3N3O2/c1-15(2)27-9-7-20(8-10-27,12-26(4)13-21(23,24)14-28)25-19(29)18-11-17(22)6-5-16(18)3/h5-6,11,15,28H,7-10,12-14H2,1-4H3,(H,25,29). The topological polar surface area (TPSA) is 55.8 Å². The molecule has 1 amide bonds. The number of likely N-dealkylation sites (N-methyl/N-ethyl adjacent to an activating group) is 1. The van der Waals surface area contributed by atoms with Crippen LogP contribution >= 0.6 is 0 Å². The van der Waals surface area contributed by atoms with Gasteiger partial charge in [0.1, 0.15) is 12.4 Å². The molecule has 29 heavy (non-hydrogen) atoms. The van der Waals surface area contributed by atoms with Crippen LogP contribution < -0.4 is 5.32 Å². The Labute approximate surface area is 170 Å². The summed E-state index contributed by atoms with van der Waals surface area (Å²) in [5.41, 5.74) is 0.194.